The van der Waals surface area contributed by atoms with Gasteiger partial charge >= 0.3 is 5.97 Å². The molecule has 2 rings (SSSR count). The molecular weight excluding hydrogens is 536 g/mol. The molecule has 2 amide bonds. The second kappa shape index (κ2) is 13.9. The summed E-state index contributed by atoms with van der Waals surface area (Å²) >= 11 is 0. The molecule has 40 heavy (non-hydrogen) atoms. The maximum atomic E-state index is 13.9. The van der Waals surface area contributed by atoms with Crippen LogP contribution in [0.25, 0.3) is 0 Å². The second-order valence-electron chi connectivity index (χ2n) is 11.8. The summed E-state index contributed by atoms with van der Waals surface area (Å²) in [6.07, 6.45) is -0.000740. The number of benzene rings is 1. The highest BCUT2D eigenvalue weighted by Crippen LogP contribution is 2.32. The molecule has 11 nitrogen and oxygen atoms in total. The zero-order valence-electron chi connectivity index (χ0n) is 24.2. The Morgan fingerprint density at radius 3 is 2.12 bits per heavy atom. The Kier molecular flexibility index (Phi) is 11.7. The Balaban J connectivity index is 2.46. The quantitative estimate of drug-likeness (QED) is 0.186. The molecule has 0 bridgehead atoms. The SMILES string of the molecule is CC(C)CCN(C(CCC(O)c1ccccc1)NC(=O)[C@H](C)C(C)(C)C(N)=O)S(=O)(=O)NC1(C(=O)O)CCCC1. The van der Waals surface area contributed by atoms with Crippen LogP contribution in [0.5, 0.6) is 0 Å². The van der Waals surface area contributed by atoms with Crippen LogP contribution in [0.4, 0.5) is 0 Å². The van der Waals surface area contributed by atoms with E-state index in [0.717, 1.165) is 4.31 Å². The van der Waals surface area contributed by atoms with E-state index in [1.54, 1.807) is 45.0 Å². The van der Waals surface area contributed by atoms with Crippen LogP contribution in [0, 0.1) is 17.3 Å². The fraction of sp³-hybridized carbons (Fsp3) is 0.679. The molecule has 1 saturated carbocycles. The fourth-order valence-corrected chi connectivity index (χ4v) is 6.49. The van der Waals surface area contributed by atoms with E-state index < -0.39 is 57.1 Å². The largest absolute Gasteiger partial charge is 0.480 e. The lowest BCUT2D eigenvalue weighted by Crippen LogP contribution is -2.61. The maximum absolute atomic E-state index is 13.9. The van der Waals surface area contributed by atoms with Gasteiger partial charge in [0.1, 0.15) is 5.54 Å². The number of aliphatic carboxylic acids is 1. The molecule has 1 aromatic carbocycles. The summed E-state index contributed by atoms with van der Waals surface area (Å²) in [6, 6.07) is 8.88. The van der Waals surface area contributed by atoms with Crippen molar-refractivity contribution in [2.75, 3.05) is 6.54 Å². The van der Waals surface area contributed by atoms with Crippen molar-refractivity contribution < 1.29 is 33.0 Å². The van der Waals surface area contributed by atoms with Gasteiger partial charge in [0.05, 0.1) is 17.7 Å². The van der Waals surface area contributed by atoms with E-state index in [1.165, 1.54) is 0 Å². The first-order chi connectivity index (χ1) is 18.5. The lowest BCUT2D eigenvalue weighted by Gasteiger charge is -2.37. The smallest absolute Gasteiger partial charge is 0.324 e. The molecule has 3 atom stereocenters. The second-order valence-corrected chi connectivity index (χ2v) is 13.5. The van der Waals surface area contributed by atoms with Gasteiger partial charge in [0.2, 0.25) is 11.8 Å². The standard InChI is InChI=1S/C28H46N4O7S/c1-19(2)15-18-32(40(38,39)31-28(26(36)37)16-9-10-17-28)23(14-13-22(33)21-11-7-6-8-12-21)30-24(34)20(3)27(4,5)25(29)35/h6-8,11-12,19-20,22-23,31,33H,9-10,13-18H2,1-5H3,(H2,29,35)(H,30,34)(H,36,37)/t20-,22?,23?/m0/s1. The van der Waals surface area contributed by atoms with Crippen molar-refractivity contribution in [2.45, 2.75) is 97.4 Å². The van der Waals surface area contributed by atoms with E-state index in [-0.39, 0.29) is 38.1 Å². The first-order valence-electron chi connectivity index (χ1n) is 13.9. The van der Waals surface area contributed by atoms with Crippen LogP contribution >= 0.6 is 0 Å². The third-order valence-electron chi connectivity index (χ3n) is 8.09. The first-order valence-corrected chi connectivity index (χ1v) is 15.3. The van der Waals surface area contributed by atoms with Gasteiger partial charge in [0.15, 0.2) is 0 Å². The van der Waals surface area contributed by atoms with Crippen LogP contribution in [-0.2, 0) is 24.6 Å². The summed E-state index contributed by atoms with van der Waals surface area (Å²) < 4.78 is 31.3. The average Bonchev–Trinajstić information content (AvgIpc) is 3.35. The minimum absolute atomic E-state index is 0.00265. The van der Waals surface area contributed by atoms with Gasteiger partial charge in [-0.1, -0.05) is 77.8 Å². The van der Waals surface area contributed by atoms with Crippen LogP contribution in [0.3, 0.4) is 0 Å². The number of carboxylic acids is 1. The fourth-order valence-electron chi connectivity index (χ4n) is 4.75. The number of nitrogens with zero attached hydrogens (tertiary/aromatic N) is 1. The van der Waals surface area contributed by atoms with Gasteiger partial charge < -0.3 is 21.3 Å². The van der Waals surface area contributed by atoms with Crippen LogP contribution in [0.15, 0.2) is 30.3 Å². The molecule has 0 heterocycles. The Hall–Kier alpha value is -2.54. The summed E-state index contributed by atoms with van der Waals surface area (Å²) in [5.74, 6) is -3.29. The number of carboxylic acid groups (broad SMARTS) is 1. The molecule has 1 aliphatic carbocycles. The zero-order chi connectivity index (χ0) is 30.3. The van der Waals surface area contributed by atoms with Crippen molar-refractivity contribution in [1.82, 2.24) is 14.3 Å². The van der Waals surface area contributed by atoms with Gasteiger partial charge in [-0.25, -0.2) is 0 Å². The zero-order valence-corrected chi connectivity index (χ0v) is 25.0. The number of hydrogen-bond acceptors (Lipinski definition) is 6. The van der Waals surface area contributed by atoms with Gasteiger partial charge in [-0.15, -0.1) is 0 Å². The van der Waals surface area contributed by atoms with E-state index in [4.69, 9.17) is 5.73 Å². The third kappa shape index (κ3) is 8.48. The molecule has 2 unspecified atom stereocenters. The number of rotatable bonds is 16. The molecule has 1 aliphatic rings. The van der Waals surface area contributed by atoms with Gasteiger partial charge in [-0.2, -0.15) is 17.4 Å². The topological polar surface area (TPSA) is 179 Å². The summed E-state index contributed by atoms with van der Waals surface area (Å²) in [6.45, 7) is 8.48. The van der Waals surface area contributed by atoms with E-state index in [1.807, 2.05) is 19.9 Å². The summed E-state index contributed by atoms with van der Waals surface area (Å²) in [7, 11) is -4.43. The van der Waals surface area contributed by atoms with Crippen molar-refractivity contribution >= 4 is 28.0 Å². The van der Waals surface area contributed by atoms with Crippen molar-refractivity contribution in [3.63, 3.8) is 0 Å². The third-order valence-corrected chi connectivity index (χ3v) is 9.79. The van der Waals surface area contributed by atoms with Crippen molar-refractivity contribution in [2.24, 2.45) is 23.0 Å². The Morgan fingerprint density at radius 2 is 1.62 bits per heavy atom. The van der Waals surface area contributed by atoms with E-state index in [2.05, 4.69) is 10.0 Å². The molecule has 0 saturated heterocycles. The average molecular weight is 583 g/mol. The number of nitrogens with two attached hydrogens (primary N) is 1. The molecule has 0 aromatic heterocycles. The highest BCUT2D eigenvalue weighted by Gasteiger charge is 2.47. The van der Waals surface area contributed by atoms with Gasteiger partial charge in [0.25, 0.3) is 10.2 Å². The van der Waals surface area contributed by atoms with Gasteiger partial charge in [-0.05, 0) is 43.6 Å². The lowest BCUT2D eigenvalue weighted by atomic mass is 9.78. The molecule has 226 valence electrons. The molecular formula is C28H46N4O7S. The normalized spacial score (nSPS) is 17.9. The summed E-state index contributed by atoms with van der Waals surface area (Å²) in [4.78, 5) is 37.6. The Labute approximate surface area is 238 Å². The number of amides is 2. The minimum atomic E-state index is -4.43. The summed E-state index contributed by atoms with van der Waals surface area (Å²) in [5, 5.41) is 23.5. The highest BCUT2D eigenvalue weighted by molar-refractivity contribution is 7.87. The molecule has 1 aromatic rings. The first kappa shape index (κ1) is 33.7. The number of aliphatic hydroxyl groups is 1. The van der Waals surface area contributed by atoms with Crippen molar-refractivity contribution in [3.05, 3.63) is 35.9 Å². The molecule has 0 aliphatic heterocycles. The van der Waals surface area contributed by atoms with Gasteiger partial charge in [0, 0.05) is 12.5 Å². The van der Waals surface area contributed by atoms with Crippen molar-refractivity contribution in [1.29, 1.82) is 0 Å². The number of primary amides is 1. The maximum Gasteiger partial charge on any atom is 0.324 e. The van der Waals surface area contributed by atoms with Crippen LogP contribution in [-0.4, -0.2) is 59.0 Å². The van der Waals surface area contributed by atoms with Crippen LogP contribution < -0.4 is 15.8 Å². The number of carbonyl (C=O) groups excluding carboxylic acids is 2. The van der Waals surface area contributed by atoms with Gasteiger partial charge in [-0.3, -0.25) is 14.4 Å². The molecule has 6 N–H and O–H groups in total. The Morgan fingerprint density at radius 1 is 1.05 bits per heavy atom. The number of carbonyl (C=O) groups is 3. The number of nitrogens with one attached hydrogen (secondary N) is 2. The predicted molar refractivity (Wildman–Crippen MR) is 152 cm³/mol. The van der Waals surface area contributed by atoms with E-state index >= 15 is 0 Å². The highest BCUT2D eigenvalue weighted by atomic mass is 32.2. The Bertz CT molecular complexity index is 1120. The van der Waals surface area contributed by atoms with Crippen LogP contribution in [0.2, 0.25) is 0 Å². The molecule has 0 radical (unpaired) electrons. The van der Waals surface area contributed by atoms with Crippen molar-refractivity contribution in [3.8, 4) is 0 Å². The monoisotopic (exact) mass is 582 g/mol. The number of hydrogen-bond donors (Lipinski definition) is 5. The predicted octanol–water partition coefficient (Wildman–Crippen LogP) is 2.67. The number of aliphatic hydroxyl groups excluding tert-OH is 1. The molecule has 12 heteroatoms. The minimum Gasteiger partial charge on any atom is -0.480 e. The molecule has 0 spiro atoms. The molecule has 1 fully saturated rings. The van der Waals surface area contributed by atoms with E-state index in [0.29, 0.717) is 24.8 Å². The van der Waals surface area contributed by atoms with Crippen LogP contribution in [0.1, 0.15) is 91.2 Å². The lowest BCUT2D eigenvalue weighted by molar-refractivity contribution is -0.143. The summed E-state index contributed by atoms with van der Waals surface area (Å²) in [5.41, 5.74) is 3.32. The van der Waals surface area contributed by atoms with E-state index in [9.17, 15) is 33.0 Å².